The summed E-state index contributed by atoms with van der Waals surface area (Å²) in [5.41, 5.74) is 1.42. The molecule has 2 aliphatic rings. The summed E-state index contributed by atoms with van der Waals surface area (Å²) < 4.78 is 6.18. The number of nitrogens with zero attached hydrogens (tertiary/aromatic N) is 3. The van der Waals surface area contributed by atoms with Gasteiger partial charge in [0.05, 0.1) is 11.6 Å². The first kappa shape index (κ1) is 16.9. The maximum absolute atomic E-state index is 11.4. The average molecular weight is 369 g/mol. The van der Waals surface area contributed by atoms with Crippen LogP contribution in [0, 0.1) is 18.3 Å². The molecule has 2 aromatic rings. The molecule has 4 rings (SSSR count). The van der Waals surface area contributed by atoms with Crippen LogP contribution < -0.4 is 4.74 Å². The number of thiazole rings is 1. The van der Waals surface area contributed by atoms with Gasteiger partial charge in [-0.05, 0) is 38.0 Å². The van der Waals surface area contributed by atoms with E-state index in [2.05, 4.69) is 11.1 Å². The number of hydrogen-bond donors (Lipinski definition) is 1. The number of aryl methyl sites for hydroxylation is 1. The number of amides is 1. The molecule has 0 spiro atoms. The van der Waals surface area contributed by atoms with Crippen molar-refractivity contribution in [3.63, 3.8) is 0 Å². The van der Waals surface area contributed by atoms with E-state index in [1.807, 2.05) is 25.3 Å². The Labute approximate surface area is 155 Å². The Balaban J connectivity index is 1.56. The first-order valence-electron chi connectivity index (χ1n) is 8.69. The highest BCUT2D eigenvalue weighted by Crippen LogP contribution is 2.38. The van der Waals surface area contributed by atoms with Crippen molar-refractivity contribution >= 4 is 17.4 Å². The second kappa shape index (κ2) is 6.61. The first-order chi connectivity index (χ1) is 12.5. The van der Waals surface area contributed by atoms with E-state index in [0.29, 0.717) is 24.2 Å². The monoisotopic (exact) mass is 369 g/mol. The summed E-state index contributed by atoms with van der Waals surface area (Å²) in [5.74, 6) is 0.653. The molecule has 1 aromatic carbocycles. The zero-order valence-corrected chi connectivity index (χ0v) is 15.2. The smallest absolute Gasteiger partial charge is 0.407 e. The molecule has 26 heavy (non-hydrogen) atoms. The fourth-order valence-corrected chi connectivity index (χ4v) is 4.82. The van der Waals surface area contributed by atoms with Crippen molar-refractivity contribution in [1.29, 1.82) is 5.26 Å². The Bertz CT molecular complexity index is 874. The van der Waals surface area contributed by atoms with E-state index in [-0.39, 0.29) is 18.2 Å². The third-order valence-corrected chi connectivity index (χ3v) is 6.08. The van der Waals surface area contributed by atoms with Crippen LogP contribution in [0.1, 0.15) is 36.1 Å². The quantitative estimate of drug-likeness (QED) is 0.882. The number of rotatable bonds is 3. The third kappa shape index (κ3) is 3.13. The number of carboxylic acid groups (broad SMARTS) is 1. The maximum atomic E-state index is 11.4. The predicted molar refractivity (Wildman–Crippen MR) is 97.3 cm³/mol. The molecule has 2 saturated heterocycles. The SMILES string of the molecule is Cc1cnc(-c2cc(C#N)cc(OC3C[C@H]4CC[C@@H](C3)N4C(=O)O)c2)s1. The Kier molecular flexibility index (Phi) is 4.29. The van der Waals surface area contributed by atoms with Crippen LogP contribution in [0.2, 0.25) is 0 Å². The number of benzene rings is 1. The predicted octanol–water partition coefficient (Wildman–Crippen LogP) is 4.04. The van der Waals surface area contributed by atoms with E-state index < -0.39 is 6.09 Å². The molecule has 2 aliphatic heterocycles. The van der Waals surface area contributed by atoms with Crippen molar-refractivity contribution in [2.24, 2.45) is 0 Å². The summed E-state index contributed by atoms with van der Waals surface area (Å²) in [7, 11) is 0. The highest BCUT2D eigenvalue weighted by molar-refractivity contribution is 7.14. The van der Waals surface area contributed by atoms with Gasteiger partial charge in [-0.25, -0.2) is 9.78 Å². The van der Waals surface area contributed by atoms with Gasteiger partial charge in [-0.1, -0.05) is 0 Å². The lowest BCUT2D eigenvalue weighted by molar-refractivity contribution is 0.0496. The fraction of sp³-hybridized carbons (Fsp3) is 0.421. The van der Waals surface area contributed by atoms with Gasteiger partial charge in [-0.15, -0.1) is 11.3 Å². The highest BCUT2D eigenvalue weighted by atomic mass is 32.1. The molecule has 3 atom stereocenters. The van der Waals surface area contributed by atoms with Crippen molar-refractivity contribution in [2.45, 2.75) is 50.8 Å². The van der Waals surface area contributed by atoms with E-state index in [9.17, 15) is 15.2 Å². The van der Waals surface area contributed by atoms with Crippen LogP contribution in [-0.2, 0) is 0 Å². The van der Waals surface area contributed by atoms with Crippen LogP contribution in [-0.4, -0.2) is 39.3 Å². The Hall–Kier alpha value is -2.59. The maximum Gasteiger partial charge on any atom is 0.407 e. The van der Waals surface area contributed by atoms with Gasteiger partial charge in [0.2, 0.25) is 0 Å². The number of ether oxygens (including phenoxy) is 1. The second-order valence-corrected chi connectivity index (χ2v) is 8.15. The van der Waals surface area contributed by atoms with Crippen LogP contribution in [0.15, 0.2) is 24.4 Å². The summed E-state index contributed by atoms with van der Waals surface area (Å²) in [6.07, 6.45) is 4.17. The zero-order chi connectivity index (χ0) is 18.3. The third-order valence-electron chi connectivity index (χ3n) is 5.12. The minimum Gasteiger partial charge on any atom is -0.490 e. The molecule has 134 valence electrons. The summed E-state index contributed by atoms with van der Waals surface area (Å²) in [5, 5.41) is 19.6. The number of aromatic nitrogens is 1. The van der Waals surface area contributed by atoms with Crippen LogP contribution in [0.4, 0.5) is 4.79 Å². The Morgan fingerprint density at radius 3 is 2.65 bits per heavy atom. The van der Waals surface area contributed by atoms with Gasteiger partial charge in [-0.3, -0.25) is 0 Å². The minimum absolute atomic E-state index is 0.0251. The molecule has 2 fully saturated rings. The van der Waals surface area contributed by atoms with Gasteiger partial charge < -0.3 is 14.7 Å². The molecule has 0 radical (unpaired) electrons. The summed E-state index contributed by atoms with van der Waals surface area (Å²) in [6, 6.07) is 7.75. The van der Waals surface area contributed by atoms with Crippen molar-refractivity contribution in [1.82, 2.24) is 9.88 Å². The van der Waals surface area contributed by atoms with Gasteiger partial charge in [0, 0.05) is 41.6 Å². The van der Waals surface area contributed by atoms with Crippen molar-refractivity contribution in [3.05, 3.63) is 34.8 Å². The number of fused-ring (bicyclic) bond motifs is 2. The van der Waals surface area contributed by atoms with Crippen LogP contribution >= 0.6 is 11.3 Å². The van der Waals surface area contributed by atoms with E-state index in [4.69, 9.17) is 4.74 Å². The zero-order valence-electron chi connectivity index (χ0n) is 14.4. The molecule has 0 aliphatic carbocycles. The fourth-order valence-electron chi connectivity index (χ4n) is 4.07. The van der Waals surface area contributed by atoms with Crippen LogP contribution in [0.25, 0.3) is 10.6 Å². The van der Waals surface area contributed by atoms with Crippen LogP contribution in [0.3, 0.4) is 0 Å². The summed E-state index contributed by atoms with van der Waals surface area (Å²) in [6.45, 7) is 2.00. The minimum atomic E-state index is -0.830. The van der Waals surface area contributed by atoms with Gasteiger partial charge >= 0.3 is 6.09 Å². The molecule has 1 unspecified atom stereocenters. The number of carbonyl (C=O) groups is 1. The number of hydrogen-bond acceptors (Lipinski definition) is 5. The normalized spacial score (nSPS) is 24.3. The van der Waals surface area contributed by atoms with Gasteiger partial charge in [0.1, 0.15) is 16.9 Å². The molecule has 6 nitrogen and oxygen atoms in total. The molecule has 2 bridgehead atoms. The van der Waals surface area contributed by atoms with E-state index in [1.54, 1.807) is 22.3 Å². The molecular formula is C19H19N3O3S. The second-order valence-electron chi connectivity index (χ2n) is 6.92. The Morgan fingerprint density at radius 1 is 1.35 bits per heavy atom. The average Bonchev–Trinajstić information content (AvgIpc) is 3.16. The Morgan fingerprint density at radius 2 is 2.08 bits per heavy atom. The van der Waals surface area contributed by atoms with E-state index >= 15 is 0 Å². The first-order valence-corrected chi connectivity index (χ1v) is 9.51. The van der Waals surface area contributed by atoms with Crippen molar-refractivity contribution in [3.8, 4) is 22.4 Å². The standard InChI is InChI=1S/C19H19N3O3S/c1-11-10-21-18(26-11)13-4-12(9-20)5-16(6-13)25-17-7-14-2-3-15(8-17)22(14)19(23)24/h4-6,10,14-15,17H,2-3,7-8H2,1H3,(H,23,24)/t14-,15+,17?. The molecule has 1 N–H and O–H groups in total. The van der Waals surface area contributed by atoms with Gasteiger partial charge in [-0.2, -0.15) is 5.26 Å². The molecule has 1 amide bonds. The van der Waals surface area contributed by atoms with Crippen molar-refractivity contribution in [2.75, 3.05) is 0 Å². The largest absolute Gasteiger partial charge is 0.490 e. The van der Waals surface area contributed by atoms with Crippen molar-refractivity contribution < 1.29 is 14.6 Å². The van der Waals surface area contributed by atoms with Crippen LogP contribution in [0.5, 0.6) is 5.75 Å². The molecule has 1 aromatic heterocycles. The molecule has 7 heteroatoms. The van der Waals surface area contributed by atoms with Gasteiger partial charge in [0.15, 0.2) is 0 Å². The molecular weight excluding hydrogens is 350 g/mol. The lowest BCUT2D eigenvalue weighted by atomic mass is 10.00. The van der Waals surface area contributed by atoms with E-state index in [0.717, 1.165) is 28.3 Å². The topological polar surface area (TPSA) is 86.5 Å². The molecule has 0 saturated carbocycles. The summed E-state index contributed by atoms with van der Waals surface area (Å²) in [4.78, 5) is 18.5. The lowest BCUT2D eigenvalue weighted by Crippen LogP contribution is -2.48. The van der Waals surface area contributed by atoms with Gasteiger partial charge in [0.25, 0.3) is 0 Å². The summed E-state index contributed by atoms with van der Waals surface area (Å²) >= 11 is 1.58. The molecule has 3 heterocycles. The van der Waals surface area contributed by atoms with E-state index in [1.165, 1.54) is 0 Å². The number of piperidine rings is 1. The highest BCUT2D eigenvalue weighted by Gasteiger charge is 2.44. The number of nitriles is 1. The lowest BCUT2D eigenvalue weighted by Gasteiger charge is -2.37.